The summed E-state index contributed by atoms with van der Waals surface area (Å²) in [4.78, 5) is 25.2. The molecule has 0 radical (unpaired) electrons. The van der Waals surface area contributed by atoms with Gasteiger partial charge in [-0.2, -0.15) is 0 Å². The van der Waals surface area contributed by atoms with Crippen LogP contribution in [0.1, 0.15) is 93.4 Å². The monoisotopic (exact) mass is 429 g/mol. The second-order valence-corrected chi connectivity index (χ2v) is 13.5. The average Bonchev–Trinajstić information content (AvgIpc) is 2.98. The summed E-state index contributed by atoms with van der Waals surface area (Å²) >= 11 is 0. The fourth-order valence-electron chi connectivity index (χ4n) is 8.26. The summed E-state index contributed by atoms with van der Waals surface area (Å²) in [6.07, 6.45) is 11.2. The van der Waals surface area contributed by atoms with E-state index in [1.165, 1.54) is 12.8 Å². The Bertz CT molecular complexity index is 778. The molecule has 7 atom stereocenters. The maximum absolute atomic E-state index is 13.3. The molecule has 31 heavy (non-hydrogen) atoms. The van der Waals surface area contributed by atoms with Crippen LogP contribution in [0.4, 0.5) is 0 Å². The van der Waals surface area contributed by atoms with Crippen LogP contribution >= 0.6 is 0 Å². The van der Waals surface area contributed by atoms with E-state index in [4.69, 9.17) is 4.74 Å². The van der Waals surface area contributed by atoms with Crippen LogP contribution in [-0.4, -0.2) is 23.5 Å². The summed E-state index contributed by atoms with van der Waals surface area (Å²) in [6.45, 7) is 15.8. The number of nitrogens with one attached hydrogen (secondary N) is 1. The summed E-state index contributed by atoms with van der Waals surface area (Å²) in [6, 6.07) is 0. The number of rotatable bonds is 3. The van der Waals surface area contributed by atoms with Gasteiger partial charge in [-0.1, -0.05) is 40.7 Å². The molecule has 1 aliphatic heterocycles. The van der Waals surface area contributed by atoms with Crippen LogP contribution in [0.3, 0.4) is 0 Å². The first-order valence-corrected chi connectivity index (χ1v) is 12.4. The molecule has 4 rings (SSSR count). The maximum atomic E-state index is 13.3. The third-order valence-corrected chi connectivity index (χ3v) is 9.10. The smallest absolute Gasteiger partial charge is 0.330 e. The Labute approximate surface area is 189 Å². The number of amides is 1. The van der Waals surface area contributed by atoms with Gasteiger partial charge in [0, 0.05) is 22.9 Å². The summed E-state index contributed by atoms with van der Waals surface area (Å²) in [7, 11) is 0. The van der Waals surface area contributed by atoms with E-state index in [1.54, 1.807) is 6.08 Å². The molecule has 174 valence electrons. The lowest BCUT2D eigenvalue weighted by molar-refractivity contribution is -0.166. The highest BCUT2D eigenvalue weighted by atomic mass is 16.5. The first kappa shape index (κ1) is 22.9. The molecule has 3 fully saturated rings. The second-order valence-electron chi connectivity index (χ2n) is 13.5. The predicted molar refractivity (Wildman–Crippen MR) is 123 cm³/mol. The molecule has 1 N–H and O–H groups in total. The van der Waals surface area contributed by atoms with Gasteiger partial charge < -0.3 is 10.1 Å². The highest BCUT2D eigenvalue weighted by Gasteiger charge is 2.60. The maximum Gasteiger partial charge on any atom is 0.330 e. The molecule has 0 aromatic rings. The zero-order valence-electron chi connectivity index (χ0n) is 20.7. The van der Waals surface area contributed by atoms with Gasteiger partial charge in [0.15, 0.2) is 0 Å². The Morgan fingerprint density at radius 3 is 2.52 bits per heavy atom. The zero-order chi connectivity index (χ0) is 22.8. The lowest BCUT2D eigenvalue weighted by Gasteiger charge is -2.57. The van der Waals surface area contributed by atoms with Crippen LogP contribution in [0.25, 0.3) is 0 Å². The molecular formula is C27H43NO3. The third-order valence-electron chi connectivity index (χ3n) is 9.10. The van der Waals surface area contributed by atoms with E-state index in [2.05, 4.69) is 59.9 Å². The van der Waals surface area contributed by atoms with Crippen molar-refractivity contribution in [2.45, 2.75) is 105 Å². The van der Waals surface area contributed by atoms with Crippen LogP contribution in [0.2, 0.25) is 0 Å². The predicted octanol–water partition coefficient (Wildman–Crippen LogP) is 5.66. The van der Waals surface area contributed by atoms with Crippen LogP contribution in [-0.2, 0) is 14.3 Å². The van der Waals surface area contributed by atoms with E-state index in [-0.39, 0.29) is 45.7 Å². The molecule has 0 bridgehead atoms. The van der Waals surface area contributed by atoms with E-state index in [0.29, 0.717) is 17.8 Å². The van der Waals surface area contributed by atoms with Crippen molar-refractivity contribution >= 4 is 11.9 Å². The van der Waals surface area contributed by atoms with Gasteiger partial charge in [-0.25, -0.2) is 4.79 Å². The van der Waals surface area contributed by atoms with E-state index in [1.807, 2.05) is 0 Å². The van der Waals surface area contributed by atoms with Crippen molar-refractivity contribution in [3.8, 4) is 0 Å². The molecule has 0 aromatic heterocycles. The van der Waals surface area contributed by atoms with E-state index < -0.39 is 0 Å². The van der Waals surface area contributed by atoms with Gasteiger partial charge in [-0.3, -0.25) is 4.79 Å². The molecule has 3 aliphatic carbocycles. The minimum Gasteiger partial charge on any atom is -0.458 e. The number of ether oxygens (including phenoxy) is 1. The van der Waals surface area contributed by atoms with Crippen LogP contribution in [0.15, 0.2) is 12.2 Å². The van der Waals surface area contributed by atoms with Crippen molar-refractivity contribution in [3.05, 3.63) is 12.2 Å². The Morgan fingerprint density at radius 2 is 1.84 bits per heavy atom. The van der Waals surface area contributed by atoms with Gasteiger partial charge in [-0.15, -0.1) is 0 Å². The zero-order valence-corrected chi connectivity index (χ0v) is 20.7. The number of fused-ring (bicyclic) bond motifs is 5. The molecule has 0 spiro atoms. The van der Waals surface area contributed by atoms with Crippen LogP contribution in [0, 0.1) is 39.9 Å². The molecule has 1 heterocycles. The number of hydrogen-bond donors (Lipinski definition) is 1. The highest BCUT2D eigenvalue weighted by molar-refractivity contribution is 5.83. The van der Waals surface area contributed by atoms with E-state index in [0.717, 1.165) is 32.1 Å². The van der Waals surface area contributed by atoms with Crippen molar-refractivity contribution in [2.75, 3.05) is 0 Å². The van der Waals surface area contributed by atoms with Crippen molar-refractivity contribution < 1.29 is 14.3 Å². The van der Waals surface area contributed by atoms with Crippen LogP contribution in [0.5, 0.6) is 0 Å². The fourth-order valence-corrected chi connectivity index (χ4v) is 8.26. The van der Waals surface area contributed by atoms with Gasteiger partial charge in [0.1, 0.15) is 6.10 Å². The molecular weight excluding hydrogens is 386 g/mol. The minimum atomic E-state index is -0.186. The topological polar surface area (TPSA) is 55.4 Å². The Hall–Kier alpha value is -1.32. The summed E-state index contributed by atoms with van der Waals surface area (Å²) in [5.41, 5.74) is 0.211. The molecule has 3 saturated carbocycles. The molecule has 0 aromatic carbocycles. The van der Waals surface area contributed by atoms with Gasteiger partial charge in [0.2, 0.25) is 5.91 Å². The number of carbonyl (C=O) groups excluding carboxylic acids is 2. The van der Waals surface area contributed by atoms with E-state index >= 15 is 0 Å². The van der Waals surface area contributed by atoms with Gasteiger partial charge in [0.05, 0.1) is 0 Å². The van der Waals surface area contributed by atoms with Crippen molar-refractivity contribution in [2.24, 2.45) is 39.9 Å². The number of hydrogen-bond acceptors (Lipinski definition) is 3. The lowest BCUT2D eigenvalue weighted by Crippen LogP contribution is -2.54. The lowest BCUT2D eigenvalue weighted by atomic mass is 9.49. The first-order chi connectivity index (χ1) is 14.2. The van der Waals surface area contributed by atoms with Gasteiger partial charge in [-0.05, 0) is 87.4 Å². The number of esters is 1. The molecule has 2 unspecified atom stereocenters. The third kappa shape index (κ3) is 4.20. The summed E-state index contributed by atoms with van der Waals surface area (Å²) in [5.74, 6) is 1.97. The standard InChI is InChI=1S/C27H43NO3/c1-24(2,3)16-25(4,5)28-23(30)17-14-20-18-8-9-21-27(7,13-11-22(29)31-21)19(18)10-12-26(20,6)15-17/h11,13,17-21H,8-10,12,14-16H2,1-7H3,(H,28,30)/t17?,18-,19-,20+,21?,26-,27-/m1/s1. The van der Waals surface area contributed by atoms with Crippen LogP contribution < -0.4 is 5.32 Å². The summed E-state index contributed by atoms with van der Waals surface area (Å²) < 4.78 is 5.74. The van der Waals surface area contributed by atoms with Crippen molar-refractivity contribution in [3.63, 3.8) is 0 Å². The van der Waals surface area contributed by atoms with Crippen molar-refractivity contribution in [1.82, 2.24) is 5.32 Å². The molecule has 4 aliphatic rings. The van der Waals surface area contributed by atoms with Crippen molar-refractivity contribution in [1.29, 1.82) is 0 Å². The quantitative estimate of drug-likeness (QED) is 0.589. The fraction of sp³-hybridized carbons (Fsp3) is 0.852. The first-order valence-electron chi connectivity index (χ1n) is 12.4. The SMILES string of the molecule is CC(C)(C)CC(C)(C)NC(=O)C1C[C@H]2[C@@H]3CCC4OC(=O)C=C[C@]4(C)[C@@H]3CC[C@]2(C)C1. The largest absolute Gasteiger partial charge is 0.458 e. The van der Waals surface area contributed by atoms with Gasteiger partial charge >= 0.3 is 5.97 Å². The minimum absolute atomic E-state index is 0.0225. The second kappa shape index (κ2) is 7.35. The summed E-state index contributed by atoms with van der Waals surface area (Å²) in [5, 5.41) is 3.40. The highest BCUT2D eigenvalue weighted by Crippen LogP contribution is 2.64. The molecule has 4 nitrogen and oxygen atoms in total. The van der Waals surface area contributed by atoms with Gasteiger partial charge in [0.25, 0.3) is 0 Å². The molecule has 0 saturated heterocycles. The normalized spacial score (nSPS) is 42.3. The average molecular weight is 430 g/mol. The number of carbonyl (C=O) groups is 2. The molecule has 4 heteroatoms. The van der Waals surface area contributed by atoms with E-state index in [9.17, 15) is 9.59 Å². The Kier molecular flexibility index (Phi) is 5.42. The molecule has 1 amide bonds. The Balaban J connectivity index is 1.49. The Morgan fingerprint density at radius 1 is 1.13 bits per heavy atom.